The van der Waals surface area contributed by atoms with Crippen molar-refractivity contribution >= 4 is 0 Å². The number of ether oxygens (including phenoxy) is 1. The molecule has 0 aromatic heterocycles. The minimum atomic E-state index is -4.27. The van der Waals surface area contributed by atoms with E-state index in [1.165, 1.54) is 12.1 Å². The largest absolute Gasteiger partial charge is 0.416 e. The predicted octanol–water partition coefficient (Wildman–Crippen LogP) is 3.22. The Morgan fingerprint density at radius 3 is 2.33 bits per heavy atom. The van der Waals surface area contributed by atoms with Gasteiger partial charge in [0.05, 0.1) is 5.56 Å². The Labute approximate surface area is 105 Å². The van der Waals surface area contributed by atoms with Crippen LogP contribution in [0, 0.1) is 0 Å². The summed E-state index contributed by atoms with van der Waals surface area (Å²) < 4.78 is 42.0. The Morgan fingerprint density at radius 1 is 1.22 bits per heavy atom. The van der Waals surface area contributed by atoms with Crippen molar-refractivity contribution in [2.24, 2.45) is 0 Å². The van der Waals surface area contributed by atoms with E-state index >= 15 is 0 Å². The first-order valence-corrected chi connectivity index (χ1v) is 5.82. The van der Waals surface area contributed by atoms with Crippen LogP contribution in [-0.2, 0) is 17.5 Å². The molecule has 5 heteroatoms. The molecule has 0 amide bonds. The van der Waals surface area contributed by atoms with Gasteiger partial charge in [-0.05, 0) is 31.0 Å². The van der Waals surface area contributed by atoms with Gasteiger partial charge in [0.15, 0.2) is 0 Å². The maximum Gasteiger partial charge on any atom is 0.416 e. The Kier molecular flexibility index (Phi) is 5.62. The highest BCUT2D eigenvalue weighted by Gasteiger charge is 2.29. The van der Waals surface area contributed by atoms with Gasteiger partial charge < -0.3 is 10.1 Å². The first-order chi connectivity index (χ1) is 8.43. The van der Waals surface area contributed by atoms with Gasteiger partial charge in [0.25, 0.3) is 0 Å². The smallest absolute Gasteiger partial charge is 0.385 e. The number of hydrogen-bond acceptors (Lipinski definition) is 2. The molecule has 1 aromatic rings. The summed E-state index contributed by atoms with van der Waals surface area (Å²) in [5, 5.41) is 3.23. The molecule has 0 heterocycles. The first kappa shape index (κ1) is 15.0. The van der Waals surface area contributed by atoms with Gasteiger partial charge in [0.2, 0.25) is 0 Å². The average molecular weight is 261 g/mol. The number of nitrogens with one attached hydrogen (secondary N) is 1. The van der Waals surface area contributed by atoms with Gasteiger partial charge in [-0.1, -0.05) is 12.1 Å². The normalized spacial score (nSPS) is 13.6. The average Bonchev–Trinajstić information content (AvgIpc) is 2.33. The summed E-state index contributed by atoms with van der Waals surface area (Å²) in [5.74, 6) is 0. The maximum absolute atomic E-state index is 12.3. The molecular weight excluding hydrogens is 243 g/mol. The molecule has 0 bridgehead atoms. The number of methoxy groups -OCH3 is 1. The Morgan fingerprint density at radius 2 is 1.83 bits per heavy atom. The topological polar surface area (TPSA) is 21.3 Å². The molecule has 1 rings (SSSR count). The van der Waals surface area contributed by atoms with E-state index in [0.29, 0.717) is 13.2 Å². The van der Waals surface area contributed by atoms with Crippen LogP contribution in [0.1, 0.15) is 24.5 Å². The van der Waals surface area contributed by atoms with Crippen molar-refractivity contribution in [2.45, 2.75) is 32.1 Å². The Balaban J connectivity index is 2.44. The lowest BCUT2D eigenvalue weighted by molar-refractivity contribution is -0.137. The summed E-state index contributed by atoms with van der Waals surface area (Å²) in [6.07, 6.45) is -3.39. The number of alkyl halides is 3. The molecule has 18 heavy (non-hydrogen) atoms. The third kappa shape index (κ3) is 5.06. The zero-order valence-corrected chi connectivity index (χ0v) is 10.6. The molecule has 0 aliphatic heterocycles. The molecule has 1 unspecified atom stereocenters. The van der Waals surface area contributed by atoms with Gasteiger partial charge in [-0.3, -0.25) is 0 Å². The van der Waals surface area contributed by atoms with Crippen LogP contribution in [0.4, 0.5) is 13.2 Å². The molecule has 0 saturated carbocycles. The van der Waals surface area contributed by atoms with E-state index in [1.807, 2.05) is 6.92 Å². The second kappa shape index (κ2) is 6.75. The van der Waals surface area contributed by atoms with Crippen molar-refractivity contribution in [3.05, 3.63) is 35.4 Å². The molecule has 102 valence electrons. The Hall–Kier alpha value is -1.07. The van der Waals surface area contributed by atoms with E-state index in [0.717, 1.165) is 24.1 Å². The van der Waals surface area contributed by atoms with Crippen LogP contribution in [0.5, 0.6) is 0 Å². The molecule has 0 aliphatic rings. The van der Waals surface area contributed by atoms with Crippen molar-refractivity contribution in [2.75, 3.05) is 13.7 Å². The summed E-state index contributed by atoms with van der Waals surface area (Å²) in [6, 6.07) is 5.48. The molecule has 0 fully saturated rings. The summed E-state index contributed by atoms with van der Waals surface area (Å²) in [5.41, 5.74) is 0.228. The van der Waals surface area contributed by atoms with Crippen LogP contribution < -0.4 is 5.32 Å². The Bertz CT molecular complexity index is 348. The van der Waals surface area contributed by atoms with Crippen LogP contribution in [-0.4, -0.2) is 19.8 Å². The van der Waals surface area contributed by atoms with E-state index in [1.54, 1.807) is 7.11 Å². The van der Waals surface area contributed by atoms with Gasteiger partial charge in [-0.15, -0.1) is 0 Å². The molecule has 1 atom stereocenters. The van der Waals surface area contributed by atoms with Crippen LogP contribution in [0.25, 0.3) is 0 Å². The second-order valence-corrected chi connectivity index (χ2v) is 4.26. The van der Waals surface area contributed by atoms with Crippen molar-refractivity contribution < 1.29 is 17.9 Å². The number of rotatable bonds is 6. The van der Waals surface area contributed by atoms with Crippen LogP contribution in [0.15, 0.2) is 24.3 Å². The van der Waals surface area contributed by atoms with Gasteiger partial charge in [-0.25, -0.2) is 0 Å². The van der Waals surface area contributed by atoms with E-state index in [4.69, 9.17) is 4.74 Å². The lowest BCUT2D eigenvalue weighted by atomic mass is 10.1. The molecule has 0 radical (unpaired) electrons. The molecular formula is C13H18F3NO. The fraction of sp³-hybridized carbons (Fsp3) is 0.538. The van der Waals surface area contributed by atoms with Crippen LogP contribution in [0.3, 0.4) is 0 Å². The van der Waals surface area contributed by atoms with E-state index < -0.39 is 11.7 Å². The van der Waals surface area contributed by atoms with Crippen molar-refractivity contribution in [3.8, 4) is 0 Å². The van der Waals surface area contributed by atoms with Gasteiger partial charge in [0, 0.05) is 26.3 Å². The summed E-state index contributed by atoms with van der Waals surface area (Å²) in [7, 11) is 1.64. The van der Waals surface area contributed by atoms with Crippen LogP contribution >= 0.6 is 0 Å². The third-order valence-electron chi connectivity index (χ3n) is 2.69. The predicted molar refractivity (Wildman–Crippen MR) is 64.2 cm³/mol. The zero-order valence-electron chi connectivity index (χ0n) is 10.6. The van der Waals surface area contributed by atoms with Crippen LogP contribution in [0.2, 0.25) is 0 Å². The lowest BCUT2D eigenvalue weighted by Gasteiger charge is -2.13. The van der Waals surface area contributed by atoms with Gasteiger partial charge in [-0.2, -0.15) is 13.2 Å². The van der Waals surface area contributed by atoms with Gasteiger partial charge >= 0.3 is 6.18 Å². The number of hydrogen-bond donors (Lipinski definition) is 1. The summed E-state index contributed by atoms with van der Waals surface area (Å²) in [4.78, 5) is 0. The number of halogens is 3. The molecule has 2 nitrogen and oxygen atoms in total. The maximum atomic E-state index is 12.3. The third-order valence-corrected chi connectivity index (χ3v) is 2.69. The van der Waals surface area contributed by atoms with Crippen molar-refractivity contribution in [3.63, 3.8) is 0 Å². The molecule has 1 aromatic carbocycles. The highest BCUT2D eigenvalue weighted by molar-refractivity contribution is 5.24. The molecule has 0 spiro atoms. The first-order valence-electron chi connectivity index (χ1n) is 5.82. The van der Waals surface area contributed by atoms with Crippen molar-refractivity contribution in [1.82, 2.24) is 5.32 Å². The monoisotopic (exact) mass is 261 g/mol. The van der Waals surface area contributed by atoms with E-state index in [-0.39, 0.29) is 6.04 Å². The summed E-state index contributed by atoms with van der Waals surface area (Å²) >= 11 is 0. The van der Waals surface area contributed by atoms with Crippen molar-refractivity contribution in [1.29, 1.82) is 0 Å². The standard InChI is InChI=1S/C13H18F3NO/c1-10(7-8-18-2)17-9-11-3-5-12(6-4-11)13(14,15)16/h3-6,10,17H,7-9H2,1-2H3. The quantitative estimate of drug-likeness (QED) is 0.849. The van der Waals surface area contributed by atoms with E-state index in [9.17, 15) is 13.2 Å². The SMILES string of the molecule is COCCC(C)NCc1ccc(C(F)(F)F)cc1. The lowest BCUT2D eigenvalue weighted by Crippen LogP contribution is -2.26. The highest BCUT2D eigenvalue weighted by atomic mass is 19.4. The molecule has 0 aliphatic carbocycles. The zero-order chi connectivity index (χ0) is 13.6. The molecule has 0 saturated heterocycles. The molecule has 1 N–H and O–H groups in total. The summed E-state index contributed by atoms with van der Waals surface area (Å²) in [6.45, 7) is 3.24. The minimum absolute atomic E-state index is 0.271. The highest BCUT2D eigenvalue weighted by Crippen LogP contribution is 2.29. The second-order valence-electron chi connectivity index (χ2n) is 4.26. The van der Waals surface area contributed by atoms with Gasteiger partial charge in [0.1, 0.15) is 0 Å². The number of benzene rings is 1. The van der Waals surface area contributed by atoms with E-state index in [2.05, 4.69) is 5.32 Å². The fourth-order valence-corrected chi connectivity index (χ4v) is 1.50. The fourth-order valence-electron chi connectivity index (χ4n) is 1.50. The minimum Gasteiger partial charge on any atom is -0.385 e.